The second-order valence-corrected chi connectivity index (χ2v) is 4.49. The smallest absolute Gasteiger partial charge is 0.157 e. The Kier molecular flexibility index (Phi) is 2.28. The lowest BCUT2D eigenvalue weighted by atomic mass is 10.0. The molecule has 0 saturated heterocycles. The zero-order chi connectivity index (χ0) is 11.0. The van der Waals surface area contributed by atoms with Gasteiger partial charge in [-0.15, -0.1) is 0 Å². The number of hydrogen-bond donors (Lipinski definition) is 0. The average molecular weight is 213 g/mol. The van der Waals surface area contributed by atoms with Gasteiger partial charge in [0.15, 0.2) is 5.78 Å². The molecule has 0 fully saturated rings. The zero-order valence-electron chi connectivity index (χ0n) is 9.28. The molecular weight excluding hydrogens is 198 g/mol. The summed E-state index contributed by atoms with van der Waals surface area (Å²) in [6, 6.07) is 8.53. The Hall–Kier alpha value is -1.57. The normalized spacial score (nSPS) is 19.6. The van der Waals surface area contributed by atoms with Gasteiger partial charge < -0.3 is 4.90 Å². The summed E-state index contributed by atoms with van der Waals surface area (Å²) in [5.41, 5.74) is 3.92. The minimum atomic E-state index is 0.276. The van der Waals surface area contributed by atoms with Gasteiger partial charge in [-0.1, -0.05) is 18.2 Å². The van der Waals surface area contributed by atoms with Crippen LogP contribution in [0.25, 0.3) is 0 Å². The summed E-state index contributed by atoms with van der Waals surface area (Å²) in [5, 5.41) is 0. The molecular formula is C14H15NO. The fourth-order valence-electron chi connectivity index (χ4n) is 2.63. The molecule has 1 aliphatic heterocycles. The maximum Gasteiger partial charge on any atom is 0.157 e. The summed E-state index contributed by atoms with van der Waals surface area (Å²) in [7, 11) is 0. The molecule has 1 aromatic carbocycles. The monoisotopic (exact) mass is 213 g/mol. The predicted molar refractivity (Wildman–Crippen MR) is 64.4 cm³/mol. The Labute approximate surface area is 95.6 Å². The second kappa shape index (κ2) is 3.78. The van der Waals surface area contributed by atoms with Crippen LogP contribution in [0.3, 0.4) is 0 Å². The van der Waals surface area contributed by atoms with Gasteiger partial charge >= 0.3 is 0 Å². The van der Waals surface area contributed by atoms with Crippen molar-refractivity contribution in [2.75, 3.05) is 11.4 Å². The lowest BCUT2D eigenvalue weighted by Crippen LogP contribution is -2.27. The van der Waals surface area contributed by atoms with E-state index in [0.29, 0.717) is 6.42 Å². The number of fused-ring (bicyclic) bond motifs is 1. The summed E-state index contributed by atoms with van der Waals surface area (Å²) < 4.78 is 0. The Morgan fingerprint density at radius 1 is 1.06 bits per heavy atom. The van der Waals surface area contributed by atoms with Crippen molar-refractivity contribution in [2.45, 2.75) is 25.7 Å². The van der Waals surface area contributed by atoms with Crippen LogP contribution < -0.4 is 4.90 Å². The predicted octanol–water partition coefficient (Wildman–Crippen LogP) is 2.69. The number of rotatable bonds is 1. The van der Waals surface area contributed by atoms with Crippen molar-refractivity contribution in [1.82, 2.24) is 0 Å². The highest BCUT2D eigenvalue weighted by Gasteiger charge is 2.23. The second-order valence-electron chi connectivity index (χ2n) is 4.49. The van der Waals surface area contributed by atoms with Gasteiger partial charge in [-0.3, -0.25) is 4.79 Å². The van der Waals surface area contributed by atoms with Gasteiger partial charge in [-0.2, -0.15) is 0 Å². The first-order valence-corrected chi connectivity index (χ1v) is 5.93. The van der Waals surface area contributed by atoms with E-state index in [4.69, 9.17) is 0 Å². The third-order valence-corrected chi connectivity index (χ3v) is 3.41. The number of allylic oxidation sites excluding steroid dienone is 2. The largest absolute Gasteiger partial charge is 0.345 e. The molecule has 0 bridgehead atoms. The van der Waals surface area contributed by atoms with E-state index >= 15 is 0 Å². The maximum absolute atomic E-state index is 11.3. The molecule has 0 amide bonds. The SMILES string of the molecule is O=C1C=C(N2CCCc3ccccc32)CC1. The lowest BCUT2D eigenvalue weighted by molar-refractivity contribution is -0.114. The van der Waals surface area contributed by atoms with Gasteiger partial charge in [0.25, 0.3) is 0 Å². The molecule has 0 aromatic heterocycles. The number of benzene rings is 1. The van der Waals surface area contributed by atoms with Gasteiger partial charge in [0.1, 0.15) is 0 Å². The Bertz CT molecular complexity index is 462. The third-order valence-electron chi connectivity index (χ3n) is 3.41. The van der Waals surface area contributed by atoms with Crippen molar-refractivity contribution >= 4 is 11.5 Å². The Morgan fingerprint density at radius 2 is 1.94 bits per heavy atom. The molecule has 1 heterocycles. The van der Waals surface area contributed by atoms with Crippen molar-refractivity contribution in [3.63, 3.8) is 0 Å². The quantitative estimate of drug-likeness (QED) is 0.715. The third kappa shape index (κ3) is 1.54. The highest BCUT2D eigenvalue weighted by molar-refractivity contribution is 5.94. The topological polar surface area (TPSA) is 20.3 Å². The number of carbonyl (C=O) groups is 1. The molecule has 3 rings (SSSR count). The standard InChI is InChI=1S/C14H15NO/c16-13-8-7-12(10-13)15-9-3-5-11-4-1-2-6-14(11)15/h1-2,4,6,10H,3,5,7-9H2. The van der Waals surface area contributed by atoms with E-state index in [-0.39, 0.29) is 5.78 Å². The van der Waals surface area contributed by atoms with Crippen LogP contribution in [-0.2, 0) is 11.2 Å². The first kappa shape index (κ1) is 9.64. The fraction of sp³-hybridized carbons (Fsp3) is 0.357. The number of carbonyl (C=O) groups excluding carboxylic acids is 1. The number of para-hydroxylation sites is 1. The van der Waals surface area contributed by atoms with E-state index in [1.165, 1.54) is 23.4 Å². The van der Waals surface area contributed by atoms with Crippen LogP contribution >= 0.6 is 0 Å². The molecule has 0 atom stereocenters. The Morgan fingerprint density at radius 3 is 2.75 bits per heavy atom. The molecule has 16 heavy (non-hydrogen) atoms. The molecule has 82 valence electrons. The fourth-order valence-corrected chi connectivity index (χ4v) is 2.63. The van der Waals surface area contributed by atoms with Gasteiger partial charge in [0.05, 0.1) is 0 Å². The van der Waals surface area contributed by atoms with Crippen molar-refractivity contribution < 1.29 is 4.79 Å². The molecule has 0 unspecified atom stereocenters. The van der Waals surface area contributed by atoms with Gasteiger partial charge in [-0.25, -0.2) is 0 Å². The van der Waals surface area contributed by atoms with Crippen LogP contribution in [0.4, 0.5) is 5.69 Å². The van der Waals surface area contributed by atoms with Crippen molar-refractivity contribution in [2.24, 2.45) is 0 Å². The highest BCUT2D eigenvalue weighted by Crippen LogP contribution is 2.32. The molecule has 0 radical (unpaired) electrons. The zero-order valence-corrected chi connectivity index (χ0v) is 9.28. The van der Waals surface area contributed by atoms with Gasteiger partial charge in [0.2, 0.25) is 0 Å². The minimum Gasteiger partial charge on any atom is -0.345 e. The van der Waals surface area contributed by atoms with Crippen molar-refractivity contribution in [3.8, 4) is 0 Å². The molecule has 1 aromatic rings. The van der Waals surface area contributed by atoms with Crippen molar-refractivity contribution in [3.05, 3.63) is 41.6 Å². The Balaban J connectivity index is 1.99. The molecule has 2 aliphatic rings. The van der Waals surface area contributed by atoms with Gasteiger partial charge in [0, 0.05) is 30.4 Å². The molecule has 2 nitrogen and oxygen atoms in total. The number of nitrogens with zero attached hydrogens (tertiary/aromatic N) is 1. The summed E-state index contributed by atoms with van der Waals surface area (Å²) in [4.78, 5) is 13.6. The van der Waals surface area contributed by atoms with Crippen LogP contribution in [0, 0.1) is 0 Å². The van der Waals surface area contributed by atoms with Crippen LogP contribution in [-0.4, -0.2) is 12.3 Å². The van der Waals surface area contributed by atoms with Crippen LogP contribution in [0.1, 0.15) is 24.8 Å². The first-order valence-electron chi connectivity index (χ1n) is 5.93. The summed E-state index contributed by atoms with van der Waals surface area (Å²) in [6.45, 7) is 1.05. The van der Waals surface area contributed by atoms with E-state index in [9.17, 15) is 4.79 Å². The number of hydrogen-bond acceptors (Lipinski definition) is 2. The summed E-state index contributed by atoms with van der Waals surface area (Å²) in [5.74, 6) is 0.276. The van der Waals surface area contributed by atoms with Gasteiger partial charge in [-0.05, 0) is 30.9 Å². The van der Waals surface area contributed by atoms with Crippen LogP contribution in [0.15, 0.2) is 36.0 Å². The molecule has 0 spiro atoms. The van der Waals surface area contributed by atoms with Crippen LogP contribution in [0.2, 0.25) is 0 Å². The van der Waals surface area contributed by atoms with E-state index in [0.717, 1.165) is 19.4 Å². The lowest BCUT2D eigenvalue weighted by Gasteiger charge is -2.32. The van der Waals surface area contributed by atoms with Crippen molar-refractivity contribution in [1.29, 1.82) is 0 Å². The average Bonchev–Trinajstić information content (AvgIpc) is 2.75. The molecule has 0 N–H and O–H groups in total. The van der Waals surface area contributed by atoms with E-state index in [1.807, 2.05) is 6.08 Å². The molecule has 0 saturated carbocycles. The number of aryl methyl sites for hydroxylation is 1. The van der Waals surface area contributed by atoms with E-state index < -0.39 is 0 Å². The molecule has 1 aliphatic carbocycles. The minimum absolute atomic E-state index is 0.276. The van der Waals surface area contributed by atoms with E-state index in [2.05, 4.69) is 29.2 Å². The van der Waals surface area contributed by atoms with Crippen LogP contribution in [0.5, 0.6) is 0 Å². The number of anilines is 1. The first-order chi connectivity index (χ1) is 7.84. The summed E-state index contributed by atoms with van der Waals surface area (Å²) in [6.07, 6.45) is 5.76. The molecule has 2 heteroatoms. The maximum atomic E-state index is 11.3. The number of ketones is 1. The summed E-state index contributed by atoms with van der Waals surface area (Å²) >= 11 is 0. The van der Waals surface area contributed by atoms with E-state index in [1.54, 1.807) is 0 Å². The highest BCUT2D eigenvalue weighted by atomic mass is 16.1.